The zero-order valence-corrected chi connectivity index (χ0v) is 18.4. The van der Waals surface area contributed by atoms with Crippen LogP contribution in [0.1, 0.15) is 50.0 Å². The Morgan fingerprint density at radius 3 is 2.66 bits per heavy atom. The minimum Gasteiger partial charge on any atom is -0.356 e. The molecule has 1 aromatic carbocycles. The molecule has 1 fully saturated rings. The molecular weight excluding hydrogens is 408 g/mol. The van der Waals surface area contributed by atoms with E-state index in [-0.39, 0.29) is 30.2 Å². The van der Waals surface area contributed by atoms with Gasteiger partial charge in [0.1, 0.15) is 12.7 Å². The lowest BCUT2D eigenvalue weighted by Crippen LogP contribution is -2.42. The largest absolute Gasteiger partial charge is 0.356 e. The number of aryl methyl sites for hydroxylation is 1. The van der Waals surface area contributed by atoms with Gasteiger partial charge in [-0.3, -0.25) is 19.1 Å². The molecule has 32 heavy (non-hydrogen) atoms. The average Bonchev–Trinajstić information content (AvgIpc) is 3.31. The first-order valence-corrected chi connectivity index (χ1v) is 11.3. The number of nitrogens with zero attached hydrogens (tertiary/aromatic N) is 4. The van der Waals surface area contributed by atoms with Crippen molar-refractivity contribution in [3.05, 3.63) is 48.5 Å². The molecule has 0 radical (unpaired) electrons. The molecule has 9 nitrogen and oxygen atoms in total. The Kier molecular flexibility index (Phi) is 9.21. The van der Waals surface area contributed by atoms with Crippen molar-refractivity contribution in [3.63, 3.8) is 0 Å². The summed E-state index contributed by atoms with van der Waals surface area (Å²) in [6.07, 6.45) is 6.56. The van der Waals surface area contributed by atoms with Crippen molar-refractivity contribution in [1.29, 1.82) is 0 Å². The maximum absolute atomic E-state index is 12.7. The SMILES string of the molecule is O=C1CCC(c2ccccc2)CCNC(=O)CN(C(=O)CCCn2cncn2)CCCN1. The van der Waals surface area contributed by atoms with E-state index < -0.39 is 0 Å². The van der Waals surface area contributed by atoms with Gasteiger partial charge in [-0.25, -0.2) is 4.98 Å². The molecule has 1 saturated heterocycles. The number of hydrogen-bond acceptors (Lipinski definition) is 5. The van der Waals surface area contributed by atoms with E-state index in [1.807, 2.05) is 18.2 Å². The molecule has 0 saturated carbocycles. The number of amides is 3. The molecule has 1 aromatic heterocycles. The summed E-state index contributed by atoms with van der Waals surface area (Å²) in [7, 11) is 0. The van der Waals surface area contributed by atoms with Crippen LogP contribution in [0.4, 0.5) is 0 Å². The highest BCUT2D eigenvalue weighted by molar-refractivity contribution is 5.84. The number of aromatic nitrogens is 3. The molecule has 2 aromatic rings. The molecule has 2 heterocycles. The molecule has 2 N–H and O–H groups in total. The van der Waals surface area contributed by atoms with Crippen LogP contribution in [0.5, 0.6) is 0 Å². The predicted molar refractivity (Wildman–Crippen MR) is 120 cm³/mol. The minimum atomic E-state index is -0.150. The highest BCUT2D eigenvalue weighted by Gasteiger charge is 2.19. The molecule has 1 unspecified atom stereocenters. The van der Waals surface area contributed by atoms with Crippen LogP contribution in [0.15, 0.2) is 43.0 Å². The van der Waals surface area contributed by atoms with Gasteiger partial charge in [0.25, 0.3) is 0 Å². The van der Waals surface area contributed by atoms with Crippen LogP contribution in [0, 0.1) is 0 Å². The smallest absolute Gasteiger partial charge is 0.239 e. The Morgan fingerprint density at radius 2 is 1.88 bits per heavy atom. The number of carbonyl (C=O) groups is 3. The van der Waals surface area contributed by atoms with Crippen LogP contribution in [0.3, 0.4) is 0 Å². The van der Waals surface area contributed by atoms with Gasteiger partial charge >= 0.3 is 0 Å². The summed E-state index contributed by atoms with van der Waals surface area (Å²) < 4.78 is 1.68. The number of hydrogen-bond donors (Lipinski definition) is 2. The Balaban J connectivity index is 1.56. The fraction of sp³-hybridized carbons (Fsp3) is 0.522. The zero-order chi connectivity index (χ0) is 22.6. The Bertz CT molecular complexity index is 856. The van der Waals surface area contributed by atoms with Gasteiger partial charge in [-0.1, -0.05) is 30.3 Å². The second-order valence-corrected chi connectivity index (χ2v) is 8.07. The van der Waals surface area contributed by atoms with Crippen LogP contribution >= 0.6 is 0 Å². The molecule has 3 amide bonds. The predicted octanol–water partition coefficient (Wildman–Crippen LogP) is 1.48. The van der Waals surface area contributed by atoms with Gasteiger partial charge in [0.05, 0.1) is 6.54 Å². The monoisotopic (exact) mass is 440 g/mol. The first-order valence-electron chi connectivity index (χ1n) is 11.3. The molecule has 3 rings (SSSR count). The molecule has 0 aliphatic carbocycles. The van der Waals surface area contributed by atoms with Crippen molar-refractivity contribution >= 4 is 17.7 Å². The molecule has 1 atom stereocenters. The van der Waals surface area contributed by atoms with E-state index >= 15 is 0 Å². The normalized spacial score (nSPS) is 19.0. The topological polar surface area (TPSA) is 109 Å². The highest BCUT2D eigenvalue weighted by Crippen LogP contribution is 2.24. The van der Waals surface area contributed by atoms with Crippen LogP contribution < -0.4 is 10.6 Å². The summed E-state index contributed by atoms with van der Waals surface area (Å²) in [6, 6.07) is 10.1. The van der Waals surface area contributed by atoms with Gasteiger partial charge in [-0.05, 0) is 37.2 Å². The lowest BCUT2D eigenvalue weighted by molar-refractivity contribution is -0.136. The summed E-state index contributed by atoms with van der Waals surface area (Å²) in [5, 5.41) is 9.94. The van der Waals surface area contributed by atoms with Gasteiger partial charge in [0, 0.05) is 39.0 Å². The lowest BCUT2D eigenvalue weighted by atomic mass is 9.91. The molecular formula is C23H32N6O3. The molecule has 0 spiro atoms. The average molecular weight is 441 g/mol. The number of benzene rings is 1. The second kappa shape index (κ2) is 12.6. The van der Waals surface area contributed by atoms with E-state index in [1.165, 1.54) is 11.9 Å². The fourth-order valence-electron chi connectivity index (χ4n) is 3.90. The number of carbonyl (C=O) groups excluding carboxylic acids is 3. The van der Waals surface area contributed by atoms with E-state index in [1.54, 1.807) is 15.9 Å². The highest BCUT2D eigenvalue weighted by atomic mass is 16.2. The van der Waals surface area contributed by atoms with Crippen molar-refractivity contribution in [2.24, 2.45) is 0 Å². The third-order valence-electron chi connectivity index (χ3n) is 5.66. The maximum Gasteiger partial charge on any atom is 0.239 e. The van der Waals surface area contributed by atoms with E-state index in [4.69, 9.17) is 0 Å². The first-order chi connectivity index (χ1) is 15.6. The van der Waals surface area contributed by atoms with Crippen molar-refractivity contribution in [1.82, 2.24) is 30.3 Å². The summed E-state index contributed by atoms with van der Waals surface area (Å²) in [5.41, 5.74) is 1.17. The number of rotatable bonds is 5. The van der Waals surface area contributed by atoms with Crippen LogP contribution in [0.25, 0.3) is 0 Å². The Labute approximate surface area is 188 Å². The Morgan fingerprint density at radius 1 is 1.06 bits per heavy atom. The molecule has 9 heteroatoms. The summed E-state index contributed by atoms with van der Waals surface area (Å²) >= 11 is 0. The van der Waals surface area contributed by atoms with Gasteiger partial charge < -0.3 is 15.5 Å². The van der Waals surface area contributed by atoms with Crippen molar-refractivity contribution in [2.75, 3.05) is 26.2 Å². The van der Waals surface area contributed by atoms with E-state index in [9.17, 15) is 14.4 Å². The van der Waals surface area contributed by atoms with Gasteiger partial charge in [0.2, 0.25) is 17.7 Å². The lowest BCUT2D eigenvalue weighted by Gasteiger charge is -2.24. The van der Waals surface area contributed by atoms with Crippen LogP contribution in [-0.4, -0.2) is 63.6 Å². The molecule has 0 bridgehead atoms. The quantitative estimate of drug-likeness (QED) is 0.732. The van der Waals surface area contributed by atoms with Gasteiger partial charge in [-0.15, -0.1) is 0 Å². The van der Waals surface area contributed by atoms with Crippen molar-refractivity contribution in [2.45, 2.75) is 51.0 Å². The van der Waals surface area contributed by atoms with E-state index in [0.29, 0.717) is 51.9 Å². The number of nitrogens with one attached hydrogen (secondary N) is 2. The second-order valence-electron chi connectivity index (χ2n) is 8.07. The standard InChI is InChI=1S/C23H32N6O3/c30-21-10-9-20(19-6-2-1-3-7-19)11-13-26-22(31)16-28(14-5-12-25-21)23(32)8-4-15-29-18-24-17-27-29/h1-3,6-7,17-18,20H,4-5,8-16H2,(H,25,30)(H,26,31). The van der Waals surface area contributed by atoms with E-state index in [2.05, 4.69) is 32.8 Å². The van der Waals surface area contributed by atoms with E-state index in [0.717, 1.165) is 12.8 Å². The minimum absolute atomic E-state index is 0.0257. The summed E-state index contributed by atoms with van der Waals surface area (Å²) in [6.45, 7) is 2.06. The first kappa shape index (κ1) is 23.4. The molecule has 1 aliphatic rings. The van der Waals surface area contributed by atoms with Gasteiger partial charge in [0.15, 0.2) is 0 Å². The van der Waals surface area contributed by atoms with Crippen LogP contribution in [0.2, 0.25) is 0 Å². The molecule has 172 valence electrons. The van der Waals surface area contributed by atoms with Crippen LogP contribution in [-0.2, 0) is 20.9 Å². The third kappa shape index (κ3) is 7.79. The summed E-state index contributed by atoms with van der Waals surface area (Å²) in [4.78, 5) is 43.0. The van der Waals surface area contributed by atoms with Crippen molar-refractivity contribution < 1.29 is 14.4 Å². The third-order valence-corrected chi connectivity index (χ3v) is 5.66. The zero-order valence-electron chi connectivity index (χ0n) is 18.4. The van der Waals surface area contributed by atoms with Crippen molar-refractivity contribution in [3.8, 4) is 0 Å². The van der Waals surface area contributed by atoms with Gasteiger partial charge in [-0.2, -0.15) is 5.10 Å². The Hall–Kier alpha value is -3.23. The maximum atomic E-state index is 12.7. The molecule has 1 aliphatic heterocycles. The summed E-state index contributed by atoms with van der Waals surface area (Å²) in [5.74, 6) is 0.000766. The fourth-order valence-corrected chi connectivity index (χ4v) is 3.90.